The van der Waals surface area contributed by atoms with E-state index in [1.54, 1.807) is 10.6 Å². The van der Waals surface area contributed by atoms with Crippen LogP contribution in [0, 0.1) is 10.8 Å². The number of nitrogens with one attached hydrogen (secondary N) is 1. The number of halogens is 1. The summed E-state index contributed by atoms with van der Waals surface area (Å²) in [6, 6.07) is 7.78. The maximum Gasteiger partial charge on any atom is 0.203 e. The predicted molar refractivity (Wildman–Crippen MR) is 90.8 cm³/mol. The van der Waals surface area contributed by atoms with Gasteiger partial charge in [-0.15, -0.1) is 23.6 Å². The monoisotopic (exact) mass is 351 g/mol. The number of benzene rings is 1. The number of fused-ring (bicyclic) bond motifs is 1. The van der Waals surface area contributed by atoms with Crippen LogP contribution in [-0.4, -0.2) is 14.9 Å². The number of para-hydroxylation sites is 2. The van der Waals surface area contributed by atoms with Gasteiger partial charge in [-0.2, -0.15) is 0 Å². The zero-order valence-electron chi connectivity index (χ0n) is 12.7. The van der Waals surface area contributed by atoms with Gasteiger partial charge in [-0.25, -0.2) is 0 Å². The number of aromatic nitrogens is 2. The van der Waals surface area contributed by atoms with E-state index in [4.69, 9.17) is 5.41 Å². The zero-order valence-corrected chi connectivity index (χ0v) is 14.4. The average Bonchev–Trinajstić information content (AvgIpc) is 2.64. The molecule has 114 valence electrons. The summed E-state index contributed by atoms with van der Waals surface area (Å²) in [7, 11) is 0. The largest absolute Gasteiger partial charge is 0.307 e. The molecule has 2 rings (SSSR count). The first-order valence-electron chi connectivity index (χ1n) is 6.73. The molecular formula is C16H22BrN3O. The van der Waals surface area contributed by atoms with Gasteiger partial charge in [0.2, 0.25) is 5.62 Å². The Balaban J connectivity index is 0.00000220. The highest BCUT2D eigenvalue weighted by atomic mass is 79.9. The first-order valence-corrected chi connectivity index (χ1v) is 6.73. The van der Waals surface area contributed by atoms with Gasteiger partial charge in [0.1, 0.15) is 0 Å². The van der Waals surface area contributed by atoms with Gasteiger partial charge in [0, 0.05) is 12.0 Å². The molecule has 0 aliphatic rings. The number of imidazole rings is 1. The van der Waals surface area contributed by atoms with E-state index in [1.807, 2.05) is 49.6 Å². The fraction of sp³-hybridized carbons (Fsp3) is 0.375. The summed E-state index contributed by atoms with van der Waals surface area (Å²) in [6.45, 7) is 10.2. The summed E-state index contributed by atoms with van der Waals surface area (Å²) in [5.41, 5.74) is 1.81. The van der Waals surface area contributed by atoms with Crippen LogP contribution in [0.25, 0.3) is 11.0 Å². The summed E-state index contributed by atoms with van der Waals surface area (Å²) in [6.07, 6.45) is 1.76. The Bertz CT molecular complexity index is 719. The van der Waals surface area contributed by atoms with Crippen molar-refractivity contribution in [3.63, 3.8) is 0 Å². The summed E-state index contributed by atoms with van der Waals surface area (Å²) >= 11 is 0. The van der Waals surface area contributed by atoms with Crippen LogP contribution in [0.3, 0.4) is 0 Å². The maximum absolute atomic E-state index is 12.3. The van der Waals surface area contributed by atoms with Crippen LogP contribution in [0.4, 0.5) is 0 Å². The van der Waals surface area contributed by atoms with Crippen molar-refractivity contribution in [1.29, 1.82) is 5.41 Å². The van der Waals surface area contributed by atoms with Gasteiger partial charge < -0.3 is 9.13 Å². The predicted octanol–water partition coefficient (Wildman–Crippen LogP) is 3.30. The third-order valence-electron chi connectivity index (χ3n) is 3.42. The Labute approximate surface area is 135 Å². The van der Waals surface area contributed by atoms with Crippen molar-refractivity contribution in [3.05, 3.63) is 42.5 Å². The molecule has 0 aliphatic carbocycles. The van der Waals surface area contributed by atoms with Gasteiger partial charge in [0.05, 0.1) is 17.6 Å². The van der Waals surface area contributed by atoms with Crippen molar-refractivity contribution in [2.45, 2.75) is 33.9 Å². The van der Waals surface area contributed by atoms with Crippen LogP contribution in [0.2, 0.25) is 0 Å². The van der Waals surface area contributed by atoms with Crippen LogP contribution >= 0.6 is 17.0 Å². The quantitative estimate of drug-likeness (QED) is 0.844. The fourth-order valence-electron chi connectivity index (χ4n) is 2.15. The van der Waals surface area contributed by atoms with Gasteiger partial charge in [-0.1, -0.05) is 39.0 Å². The Kier molecular flexibility index (Phi) is 5.34. The highest BCUT2D eigenvalue weighted by Gasteiger charge is 2.23. The van der Waals surface area contributed by atoms with Crippen molar-refractivity contribution in [2.24, 2.45) is 5.41 Å². The van der Waals surface area contributed by atoms with Gasteiger partial charge in [-0.3, -0.25) is 10.2 Å². The second-order valence-corrected chi connectivity index (χ2v) is 5.97. The van der Waals surface area contributed by atoms with Crippen molar-refractivity contribution in [2.75, 3.05) is 0 Å². The van der Waals surface area contributed by atoms with Crippen LogP contribution < -0.4 is 5.62 Å². The lowest BCUT2D eigenvalue weighted by Gasteiger charge is -2.17. The summed E-state index contributed by atoms with van der Waals surface area (Å²) in [5, 5.41) is 8.30. The average molecular weight is 352 g/mol. The molecule has 2 aromatic rings. The van der Waals surface area contributed by atoms with E-state index in [2.05, 4.69) is 6.58 Å². The number of ketones is 1. The number of carbonyl (C=O) groups is 1. The van der Waals surface area contributed by atoms with E-state index >= 15 is 0 Å². The molecule has 1 N–H and O–H groups in total. The first-order chi connectivity index (χ1) is 9.36. The molecular weight excluding hydrogens is 330 g/mol. The number of Topliss-reactive ketones (excluding diaryl/α,β-unsaturated/α-hetero) is 1. The molecule has 0 fully saturated rings. The lowest BCUT2D eigenvalue weighted by molar-refractivity contribution is -0.126. The van der Waals surface area contributed by atoms with Gasteiger partial charge in [0.25, 0.3) is 0 Å². The molecule has 0 bridgehead atoms. The molecule has 21 heavy (non-hydrogen) atoms. The molecule has 5 heteroatoms. The molecule has 1 aromatic heterocycles. The van der Waals surface area contributed by atoms with E-state index in [1.165, 1.54) is 0 Å². The Hall–Kier alpha value is -1.62. The van der Waals surface area contributed by atoms with Crippen molar-refractivity contribution < 1.29 is 4.79 Å². The fourth-order valence-corrected chi connectivity index (χ4v) is 2.15. The van der Waals surface area contributed by atoms with E-state index in [-0.39, 0.29) is 29.3 Å². The van der Waals surface area contributed by atoms with Crippen LogP contribution in [-0.2, 0) is 17.9 Å². The minimum Gasteiger partial charge on any atom is -0.307 e. The third kappa shape index (κ3) is 3.35. The molecule has 4 nitrogen and oxygen atoms in total. The topological polar surface area (TPSA) is 50.8 Å². The van der Waals surface area contributed by atoms with Crippen LogP contribution in [0.1, 0.15) is 20.8 Å². The molecule has 1 aromatic carbocycles. The van der Waals surface area contributed by atoms with Gasteiger partial charge >= 0.3 is 0 Å². The molecule has 0 amide bonds. The highest BCUT2D eigenvalue weighted by Crippen LogP contribution is 2.18. The Morgan fingerprint density at radius 2 is 1.76 bits per heavy atom. The lowest BCUT2D eigenvalue weighted by Crippen LogP contribution is -2.31. The first kappa shape index (κ1) is 17.4. The zero-order chi connectivity index (χ0) is 14.9. The van der Waals surface area contributed by atoms with Gasteiger partial charge in [0.15, 0.2) is 5.78 Å². The second-order valence-electron chi connectivity index (χ2n) is 5.97. The maximum atomic E-state index is 12.3. The third-order valence-corrected chi connectivity index (χ3v) is 3.42. The molecule has 0 atom stereocenters. The molecule has 0 spiro atoms. The van der Waals surface area contributed by atoms with Crippen molar-refractivity contribution >= 4 is 33.8 Å². The number of hydrogen-bond donors (Lipinski definition) is 1. The highest BCUT2D eigenvalue weighted by molar-refractivity contribution is 8.93. The number of allylic oxidation sites excluding steroid dienone is 1. The smallest absolute Gasteiger partial charge is 0.203 e. The lowest BCUT2D eigenvalue weighted by atomic mass is 9.91. The number of hydrogen-bond acceptors (Lipinski definition) is 2. The molecule has 0 unspecified atom stereocenters. The minimum atomic E-state index is -0.402. The van der Waals surface area contributed by atoms with Gasteiger partial charge in [-0.05, 0) is 12.1 Å². The normalized spacial score (nSPS) is 11.2. The Morgan fingerprint density at radius 1 is 1.24 bits per heavy atom. The van der Waals surface area contributed by atoms with E-state index in [0.29, 0.717) is 12.2 Å². The summed E-state index contributed by atoms with van der Waals surface area (Å²) in [5.74, 6) is 0.123. The van der Waals surface area contributed by atoms with Crippen LogP contribution in [0.15, 0.2) is 36.9 Å². The molecule has 0 aliphatic heterocycles. The SMILES string of the molecule is Br.C=CCn1c(=N)n(CC(=O)C(C)(C)C)c2ccccc21. The van der Waals surface area contributed by atoms with E-state index < -0.39 is 5.41 Å². The van der Waals surface area contributed by atoms with Crippen molar-refractivity contribution in [3.8, 4) is 0 Å². The standard InChI is InChI=1S/C16H21N3O.BrH/c1-5-10-18-12-8-6-7-9-13(12)19(15(18)17)11-14(20)16(2,3)4;/h5-9,17H,1,10-11H2,2-4H3;1H. The molecule has 0 saturated carbocycles. The minimum absolute atomic E-state index is 0. The number of nitrogens with zero attached hydrogens (tertiary/aromatic N) is 2. The molecule has 0 saturated heterocycles. The Morgan fingerprint density at radius 3 is 2.24 bits per heavy atom. The second kappa shape index (κ2) is 6.43. The van der Waals surface area contributed by atoms with Crippen LogP contribution in [0.5, 0.6) is 0 Å². The van der Waals surface area contributed by atoms with E-state index in [0.717, 1.165) is 11.0 Å². The summed E-state index contributed by atoms with van der Waals surface area (Å²) in [4.78, 5) is 12.3. The van der Waals surface area contributed by atoms with Crippen molar-refractivity contribution in [1.82, 2.24) is 9.13 Å². The molecule has 1 heterocycles. The number of rotatable bonds is 4. The molecule has 0 radical (unpaired) electrons. The van der Waals surface area contributed by atoms with E-state index in [9.17, 15) is 4.79 Å². The summed E-state index contributed by atoms with van der Waals surface area (Å²) < 4.78 is 3.63. The number of carbonyl (C=O) groups excluding carboxylic acids is 1.